The molecule has 2 saturated heterocycles. The average Bonchev–Trinajstić information content (AvgIpc) is 3.87. The number of hydrogen-bond donors (Lipinski definition) is 1. The van der Waals surface area contributed by atoms with Crippen LogP contribution in [0.1, 0.15) is 44.6 Å². The summed E-state index contributed by atoms with van der Waals surface area (Å²) in [5.74, 6) is -2.71. The molecule has 48 heavy (non-hydrogen) atoms. The van der Waals surface area contributed by atoms with Gasteiger partial charge in [-0.1, -0.05) is 26.7 Å². The van der Waals surface area contributed by atoms with E-state index >= 15 is 0 Å². The highest BCUT2D eigenvalue weighted by Gasteiger charge is 2.69. The second-order valence-corrected chi connectivity index (χ2v) is 10.4. The number of rotatable bonds is 11. The van der Waals surface area contributed by atoms with Crippen LogP contribution in [0.4, 0.5) is 0 Å². The van der Waals surface area contributed by atoms with Crippen molar-refractivity contribution in [1.29, 1.82) is 0 Å². The molecule has 3 aliphatic heterocycles. The molecule has 2 fully saturated rings. The molecule has 3 aliphatic rings. The van der Waals surface area contributed by atoms with Gasteiger partial charge < -0.3 is 42.4 Å². The Morgan fingerprint density at radius 3 is 1.94 bits per heavy atom. The first-order valence-corrected chi connectivity index (χ1v) is 14.0. The van der Waals surface area contributed by atoms with Crippen LogP contribution in [0, 0.1) is 5.41 Å². The molecule has 15 heteroatoms. The van der Waals surface area contributed by atoms with Crippen molar-refractivity contribution in [2.24, 2.45) is 5.41 Å². The number of carbonyl (C=O) groups is 6. The van der Waals surface area contributed by atoms with E-state index in [0.29, 0.717) is 17.9 Å². The third-order valence-electron chi connectivity index (χ3n) is 7.17. The van der Waals surface area contributed by atoms with Gasteiger partial charge in [0.1, 0.15) is 42.4 Å². The predicted molar refractivity (Wildman–Crippen MR) is 162 cm³/mol. The lowest BCUT2D eigenvalue weighted by molar-refractivity contribution is -0.188. The third kappa shape index (κ3) is 9.78. The minimum absolute atomic E-state index is 0. The van der Waals surface area contributed by atoms with Crippen LogP contribution in [0.15, 0.2) is 82.1 Å². The number of carbonyl (C=O) groups excluding carboxylic acids is 5. The van der Waals surface area contributed by atoms with Crippen molar-refractivity contribution in [3.05, 3.63) is 84.8 Å². The van der Waals surface area contributed by atoms with E-state index < -0.39 is 34.9 Å². The SMILES string of the molecule is C.C=C(CC(=O)OCc1ccco1)C(=O)O.C=C(CC(=O)OCc1ccco1)C(=O)OC.COC(=O)C12CC(=O)OCC13C=CC(C2)O3. The number of aliphatic carboxylic acids is 1. The fourth-order valence-corrected chi connectivity index (χ4v) is 4.80. The predicted octanol–water partition coefficient (Wildman–Crippen LogP) is 3.62. The summed E-state index contributed by atoms with van der Waals surface area (Å²) in [6, 6.07) is 6.69. The topological polar surface area (TPSA) is 204 Å². The Morgan fingerprint density at radius 1 is 0.917 bits per heavy atom. The van der Waals surface area contributed by atoms with Gasteiger partial charge in [0.2, 0.25) is 0 Å². The number of fused-ring (bicyclic) bond motifs is 1. The lowest BCUT2D eigenvalue weighted by Gasteiger charge is -2.42. The summed E-state index contributed by atoms with van der Waals surface area (Å²) in [5.41, 5.74) is -1.80. The third-order valence-corrected chi connectivity index (χ3v) is 7.17. The minimum Gasteiger partial charge on any atom is -0.478 e. The standard InChI is InChI=1S/2C11H12O5.C10H10O5.CH4/c1-14-9(13)10-4-7-2-3-11(10,16-7)6-15-8(12)5-10;1-8(11(13)14-2)6-10(12)16-7-9-4-3-5-15-9;1-7(10(12)13)5-9(11)15-6-8-3-2-4-14-8;/h2-3,7H,4-6H2,1H3;3-5H,1,6-7H2,2H3;2-4H,1,5-6H2,(H,12,13);1H4. The Morgan fingerprint density at radius 2 is 1.48 bits per heavy atom. The largest absolute Gasteiger partial charge is 0.478 e. The Labute approximate surface area is 276 Å². The molecule has 0 radical (unpaired) electrons. The summed E-state index contributed by atoms with van der Waals surface area (Å²) in [5, 5.41) is 8.46. The zero-order valence-corrected chi connectivity index (χ0v) is 25.7. The smallest absolute Gasteiger partial charge is 0.333 e. The molecule has 0 aromatic carbocycles. The van der Waals surface area contributed by atoms with Crippen molar-refractivity contribution in [3.63, 3.8) is 0 Å². The molecule has 1 spiro atoms. The number of hydrogen-bond acceptors (Lipinski definition) is 14. The molecule has 260 valence electrons. The van der Waals surface area contributed by atoms with Gasteiger partial charge in [0.15, 0.2) is 0 Å². The fourth-order valence-electron chi connectivity index (χ4n) is 4.80. The molecule has 1 N–H and O–H groups in total. The van der Waals surface area contributed by atoms with E-state index in [-0.39, 0.29) is 75.7 Å². The molecule has 3 atom stereocenters. The Kier molecular flexibility index (Phi) is 14.1. The second kappa shape index (κ2) is 17.5. The van der Waals surface area contributed by atoms with E-state index in [4.69, 9.17) is 37.6 Å². The minimum atomic E-state index is -1.20. The molecular weight excluding hydrogens is 636 g/mol. The molecule has 5 rings (SSSR count). The molecule has 3 unspecified atom stereocenters. The lowest BCUT2D eigenvalue weighted by Crippen LogP contribution is -2.57. The van der Waals surface area contributed by atoms with E-state index in [1.807, 2.05) is 12.2 Å². The van der Waals surface area contributed by atoms with Gasteiger partial charge in [-0.15, -0.1) is 0 Å². The Hall–Kier alpha value is -5.44. The first-order valence-electron chi connectivity index (χ1n) is 14.0. The highest BCUT2D eigenvalue weighted by molar-refractivity contribution is 5.93. The van der Waals surface area contributed by atoms with Crippen molar-refractivity contribution in [3.8, 4) is 0 Å². The van der Waals surface area contributed by atoms with Crippen LogP contribution in [0.5, 0.6) is 0 Å². The highest BCUT2D eigenvalue weighted by atomic mass is 16.6. The summed E-state index contributed by atoms with van der Waals surface area (Å²) in [7, 11) is 2.56. The monoisotopic (exact) mass is 674 g/mol. The van der Waals surface area contributed by atoms with Crippen LogP contribution in [0.25, 0.3) is 0 Å². The molecule has 0 saturated carbocycles. The van der Waals surface area contributed by atoms with Crippen LogP contribution in [-0.2, 0) is 70.4 Å². The first-order chi connectivity index (χ1) is 22.3. The lowest BCUT2D eigenvalue weighted by atomic mass is 9.65. The number of carboxylic acid groups (broad SMARTS) is 1. The van der Waals surface area contributed by atoms with E-state index in [1.54, 1.807) is 24.3 Å². The highest BCUT2D eigenvalue weighted by Crippen LogP contribution is 2.56. The van der Waals surface area contributed by atoms with Crippen LogP contribution in [0.3, 0.4) is 0 Å². The number of methoxy groups -OCH3 is 2. The number of carboxylic acids is 1. The molecule has 5 heterocycles. The Bertz CT molecular complexity index is 1500. The van der Waals surface area contributed by atoms with Crippen molar-refractivity contribution in [2.75, 3.05) is 20.8 Å². The van der Waals surface area contributed by atoms with Gasteiger partial charge in [0.05, 0.1) is 52.1 Å². The number of cyclic esters (lactones) is 1. The van der Waals surface area contributed by atoms with Crippen molar-refractivity contribution in [1.82, 2.24) is 0 Å². The summed E-state index contributed by atoms with van der Waals surface area (Å²) in [4.78, 5) is 66.9. The summed E-state index contributed by atoms with van der Waals surface area (Å²) < 4.78 is 39.5. The molecule has 2 aromatic heterocycles. The maximum absolute atomic E-state index is 12.0. The van der Waals surface area contributed by atoms with Crippen molar-refractivity contribution < 1.29 is 71.1 Å². The van der Waals surface area contributed by atoms with E-state index in [2.05, 4.69) is 17.9 Å². The van der Waals surface area contributed by atoms with E-state index in [9.17, 15) is 28.8 Å². The fraction of sp³-hybridized carbons (Fsp3) is 0.394. The van der Waals surface area contributed by atoms with E-state index in [1.165, 1.54) is 26.7 Å². The maximum atomic E-state index is 12.0. The summed E-state index contributed by atoms with van der Waals surface area (Å²) >= 11 is 0. The van der Waals surface area contributed by atoms with Crippen LogP contribution in [0.2, 0.25) is 0 Å². The number of ether oxygens (including phenoxy) is 6. The summed E-state index contributed by atoms with van der Waals surface area (Å²) in [6.07, 6.45) is 6.63. The van der Waals surface area contributed by atoms with Gasteiger partial charge in [-0.25, -0.2) is 9.59 Å². The maximum Gasteiger partial charge on any atom is 0.333 e. The molecular formula is C33H38O15. The van der Waals surface area contributed by atoms with Gasteiger partial charge in [-0.2, -0.15) is 0 Å². The van der Waals surface area contributed by atoms with Crippen LogP contribution < -0.4 is 0 Å². The number of furan rings is 2. The average molecular weight is 675 g/mol. The van der Waals surface area contributed by atoms with Crippen molar-refractivity contribution in [2.45, 2.75) is 58.0 Å². The zero-order valence-electron chi connectivity index (χ0n) is 25.7. The van der Waals surface area contributed by atoms with Crippen LogP contribution >= 0.6 is 0 Å². The molecule has 15 nitrogen and oxygen atoms in total. The van der Waals surface area contributed by atoms with Crippen LogP contribution in [-0.4, -0.2) is 73.5 Å². The van der Waals surface area contributed by atoms with E-state index in [0.717, 1.165) is 0 Å². The molecule has 2 aromatic rings. The van der Waals surface area contributed by atoms with Crippen molar-refractivity contribution >= 4 is 35.8 Å². The second-order valence-electron chi connectivity index (χ2n) is 10.4. The molecule has 0 amide bonds. The zero-order chi connectivity index (χ0) is 34.6. The van der Waals surface area contributed by atoms with Gasteiger partial charge in [-0.05, 0) is 36.8 Å². The van der Waals surface area contributed by atoms with Gasteiger partial charge in [0.25, 0.3) is 0 Å². The quantitative estimate of drug-likeness (QED) is 0.156. The molecule has 0 aliphatic carbocycles. The Balaban J connectivity index is 0.000000248. The number of esters is 5. The van der Waals surface area contributed by atoms with Gasteiger partial charge >= 0.3 is 35.8 Å². The normalized spacial score (nSPS) is 20.9. The summed E-state index contributed by atoms with van der Waals surface area (Å²) in [6.45, 7) is 6.77. The first kappa shape index (κ1) is 38.7. The molecule has 2 bridgehead atoms. The van der Waals surface area contributed by atoms with Gasteiger partial charge in [0, 0.05) is 11.1 Å². The van der Waals surface area contributed by atoms with Gasteiger partial charge in [-0.3, -0.25) is 19.2 Å².